The summed E-state index contributed by atoms with van der Waals surface area (Å²) < 4.78 is 0. The number of aromatic carboxylic acids is 1. The van der Waals surface area contributed by atoms with Gasteiger partial charge in [-0.1, -0.05) is 19.1 Å². The van der Waals surface area contributed by atoms with Crippen molar-refractivity contribution in [3.63, 3.8) is 0 Å². The van der Waals surface area contributed by atoms with Gasteiger partial charge in [0.15, 0.2) is 0 Å². The number of hydrogen-bond donors (Lipinski definition) is 1. The van der Waals surface area contributed by atoms with Gasteiger partial charge in [0.1, 0.15) is 0 Å². The number of benzene rings is 1. The molecule has 19 heavy (non-hydrogen) atoms. The van der Waals surface area contributed by atoms with Crippen LogP contribution in [0.2, 0.25) is 0 Å². The molecule has 104 valence electrons. The molecule has 4 heteroatoms. The minimum atomic E-state index is -0.848. The van der Waals surface area contributed by atoms with E-state index in [2.05, 4.69) is 30.8 Å². The quantitative estimate of drug-likeness (QED) is 0.905. The highest BCUT2D eigenvalue weighted by Crippen LogP contribution is 2.31. The predicted octanol–water partition coefficient (Wildman–Crippen LogP) is 2.08. The lowest BCUT2D eigenvalue weighted by Crippen LogP contribution is -2.34. The van der Waals surface area contributed by atoms with Crippen LogP contribution < -0.4 is 4.90 Å². The fourth-order valence-electron chi connectivity index (χ4n) is 3.06. The van der Waals surface area contributed by atoms with E-state index in [1.807, 2.05) is 19.1 Å². The largest absolute Gasteiger partial charge is 0.478 e. The molecule has 1 saturated heterocycles. The van der Waals surface area contributed by atoms with Crippen LogP contribution in [0.3, 0.4) is 0 Å². The van der Waals surface area contributed by atoms with Gasteiger partial charge in [0.2, 0.25) is 0 Å². The molecular formula is C15H22N2O2. The molecular weight excluding hydrogens is 240 g/mol. The first kappa shape index (κ1) is 13.9. The van der Waals surface area contributed by atoms with Crippen molar-refractivity contribution >= 4 is 11.7 Å². The lowest BCUT2D eigenvalue weighted by Gasteiger charge is -2.24. The number of carboxylic acid groups (broad SMARTS) is 1. The smallest absolute Gasteiger partial charge is 0.337 e. The van der Waals surface area contributed by atoms with Crippen LogP contribution in [-0.2, 0) is 0 Å². The molecule has 1 aromatic rings. The van der Waals surface area contributed by atoms with Gasteiger partial charge < -0.3 is 14.9 Å². The number of likely N-dealkylation sites (N-methyl/N-ethyl adjacent to an activating group) is 1. The van der Waals surface area contributed by atoms with Crippen LogP contribution in [0.1, 0.15) is 22.8 Å². The molecule has 1 heterocycles. The van der Waals surface area contributed by atoms with E-state index in [0.717, 1.165) is 24.3 Å². The number of rotatable bonds is 3. The third-order valence-electron chi connectivity index (χ3n) is 4.02. The second-order valence-corrected chi connectivity index (χ2v) is 5.69. The molecule has 0 spiro atoms. The molecule has 1 aromatic carbocycles. The van der Waals surface area contributed by atoms with Crippen LogP contribution >= 0.6 is 0 Å². The summed E-state index contributed by atoms with van der Waals surface area (Å²) in [5, 5.41) is 9.35. The second-order valence-electron chi connectivity index (χ2n) is 5.69. The van der Waals surface area contributed by atoms with Crippen LogP contribution in [0.25, 0.3) is 0 Å². The van der Waals surface area contributed by atoms with Gasteiger partial charge >= 0.3 is 5.97 Å². The molecule has 2 rings (SSSR count). The molecule has 1 aliphatic rings. The van der Waals surface area contributed by atoms with Gasteiger partial charge in [-0.3, -0.25) is 0 Å². The van der Waals surface area contributed by atoms with Crippen LogP contribution in [0, 0.1) is 12.8 Å². The van der Waals surface area contributed by atoms with Crippen molar-refractivity contribution in [1.82, 2.24) is 4.90 Å². The Labute approximate surface area is 114 Å². The SMILES string of the molecule is Cc1cccc(C(=O)O)c1N1CC(C)C(N(C)C)C1. The summed E-state index contributed by atoms with van der Waals surface area (Å²) >= 11 is 0. The van der Waals surface area contributed by atoms with E-state index in [-0.39, 0.29) is 0 Å². The molecule has 1 aliphatic heterocycles. The standard InChI is InChI=1S/C15H22N2O2/c1-10-6-5-7-12(15(18)19)14(10)17-8-11(2)13(9-17)16(3)4/h5-7,11,13H,8-9H2,1-4H3,(H,18,19). The maximum atomic E-state index is 11.4. The van der Waals surface area contributed by atoms with Gasteiger partial charge in [0.25, 0.3) is 0 Å². The van der Waals surface area contributed by atoms with E-state index >= 15 is 0 Å². The molecule has 1 N–H and O–H groups in total. The molecule has 1 fully saturated rings. The fourth-order valence-corrected chi connectivity index (χ4v) is 3.06. The minimum absolute atomic E-state index is 0.409. The van der Waals surface area contributed by atoms with Crippen LogP contribution in [0.5, 0.6) is 0 Å². The van der Waals surface area contributed by atoms with Crippen molar-refractivity contribution in [3.8, 4) is 0 Å². The number of nitrogens with zero attached hydrogens (tertiary/aromatic N) is 2. The minimum Gasteiger partial charge on any atom is -0.478 e. The first-order chi connectivity index (χ1) is 8.91. The summed E-state index contributed by atoms with van der Waals surface area (Å²) in [6, 6.07) is 5.96. The summed E-state index contributed by atoms with van der Waals surface area (Å²) in [6.07, 6.45) is 0. The van der Waals surface area contributed by atoms with Crippen LogP contribution in [-0.4, -0.2) is 49.2 Å². The maximum absolute atomic E-state index is 11.4. The van der Waals surface area contributed by atoms with Gasteiger partial charge in [-0.15, -0.1) is 0 Å². The van der Waals surface area contributed by atoms with E-state index in [1.54, 1.807) is 6.07 Å². The van der Waals surface area contributed by atoms with Gasteiger partial charge in [-0.25, -0.2) is 4.79 Å². The zero-order chi connectivity index (χ0) is 14.2. The molecule has 4 nitrogen and oxygen atoms in total. The van der Waals surface area contributed by atoms with Crippen LogP contribution in [0.4, 0.5) is 5.69 Å². The molecule has 0 bridgehead atoms. The van der Waals surface area contributed by atoms with Crippen molar-refractivity contribution < 1.29 is 9.90 Å². The van der Waals surface area contributed by atoms with E-state index < -0.39 is 5.97 Å². The van der Waals surface area contributed by atoms with Gasteiger partial charge in [-0.2, -0.15) is 0 Å². The number of anilines is 1. The summed E-state index contributed by atoms with van der Waals surface area (Å²) in [4.78, 5) is 15.8. The molecule has 2 atom stereocenters. The second kappa shape index (κ2) is 5.21. The molecule has 0 aromatic heterocycles. The average molecular weight is 262 g/mol. The number of para-hydroxylation sites is 1. The van der Waals surface area contributed by atoms with Crippen LogP contribution in [0.15, 0.2) is 18.2 Å². The summed E-state index contributed by atoms with van der Waals surface area (Å²) in [5.41, 5.74) is 2.32. The molecule has 0 aliphatic carbocycles. The Bertz CT molecular complexity index is 485. The Morgan fingerprint density at radius 2 is 2.05 bits per heavy atom. The Morgan fingerprint density at radius 3 is 2.58 bits per heavy atom. The first-order valence-electron chi connectivity index (χ1n) is 6.66. The van der Waals surface area contributed by atoms with Crippen molar-refractivity contribution in [2.75, 3.05) is 32.1 Å². The molecule has 0 saturated carbocycles. The van der Waals surface area contributed by atoms with E-state index in [9.17, 15) is 9.90 Å². The maximum Gasteiger partial charge on any atom is 0.337 e. The predicted molar refractivity (Wildman–Crippen MR) is 77.0 cm³/mol. The molecule has 2 unspecified atom stereocenters. The zero-order valence-electron chi connectivity index (χ0n) is 12.1. The number of carboxylic acids is 1. The summed E-state index contributed by atoms with van der Waals surface area (Å²) in [5.74, 6) is -0.309. The Balaban J connectivity index is 2.36. The average Bonchev–Trinajstić information content (AvgIpc) is 2.70. The van der Waals surface area contributed by atoms with E-state index in [0.29, 0.717) is 17.5 Å². The normalized spacial score (nSPS) is 23.1. The lowest BCUT2D eigenvalue weighted by atomic mass is 10.1. The summed E-state index contributed by atoms with van der Waals surface area (Å²) in [7, 11) is 4.17. The van der Waals surface area contributed by atoms with Crippen molar-refractivity contribution in [1.29, 1.82) is 0 Å². The zero-order valence-corrected chi connectivity index (χ0v) is 12.1. The van der Waals surface area contributed by atoms with E-state index in [1.165, 1.54) is 0 Å². The number of carbonyl (C=O) groups is 1. The monoisotopic (exact) mass is 262 g/mol. The topological polar surface area (TPSA) is 43.8 Å². The highest BCUT2D eigenvalue weighted by atomic mass is 16.4. The molecule has 0 amide bonds. The highest BCUT2D eigenvalue weighted by Gasteiger charge is 2.33. The fraction of sp³-hybridized carbons (Fsp3) is 0.533. The lowest BCUT2D eigenvalue weighted by molar-refractivity contribution is 0.0697. The van der Waals surface area contributed by atoms with Gasteiger partial charge in [-0.05, 0) is 38.6 Å². The van der Waals surface area contributed by atoms with Crippen molar-refractivity contribution in [3.05, 3.63) is 29.3 Å². The Morgan fingerprint density at radius 1 is 1.37 bits per heavy atom. The Hall–Kier alpha value is -1.55. The number of aryl methyl sites for hydroxylation is 1. The van der Waals surface area contributed by atoms with Crippen molar-refractivity contribution in [2.24, 2.45) is 5.92 Å². The Kier molecular flexibility index (Phi) is 3.80. The number of hydrogen-bond acceptors (Lipinski definition) is 3. The first-order valence-corrected chi connectivity index (χ1v) is 6.66. The third kappa shape index (κ3) is 2.59. The van der Waals surface area contributed by atoms with Gasteiger partial charge in [0, 0.05) is 19.1 Å². The third-order valence-corrected chi connectivity index (χ3v) is 4.02. The van der Waals surface area contributed by atoms with Crippen molar-refractivity contribution in [2.45, 2.75) is 19.9 Å². The summed E-state index contributed by atoms with van der Waals surface area (Å²) in [6.45, 7) is 6.01. The highest BCUT2D eigenvalue weighted by molar-refractivity contribution is 5.95. The van der Waals surface area contributed by atoms with Gasteiger partial charge in [0.05, 0.1) is 11.3 Å². The molecule has 0 radical (unpaired) electrons. The van der Waals surface area contributed by atoms with E-state index in [4.69, 9.17) is 0 Å².